The van der Waals surface area contributed by atoms with E-state index in [2.05, 4.69) is 23.9 Å². The number of sulfone groups is 1. The summed E-state index contributed by atoms with van der Waals surface area (Å²) in [6, 6.07) is 5.00. The first-order valence-corrected chi connectivity index (χ1v) is 11.5. The summed E-state index contributed by atoms with van der Waals surface area (Å²) in [5, 5.41) is 2.79. The zero-order chi connectivity index (χ0) is 18.7. The van der Waals surface area contributed by atoms with Crippen molar-refractivity contribution in [2.75, 3.05) is 18.1 Å². The zero-order valence-electron chi connectivity index (χ0n) is 14.4. The minimum atomic E-state index is -3.81. The summed E-state index contributed by atoms with van der Waals surface area (Å²) in [6.07, 6.45) is 1.14. The molecule has 2 N–H and O–H groups in total. The van der Waals surface area contributed by atoms with Crippen LogP contribution in [0.4, 0.5) is 0 Å². The molecule has 1 fully saturated rings. The van der Waals surface area contributed by atoms with E-state index in [1.165, 1.54) is 24.3 Å². The third-order valence-corrected chi connectivity index (χ3v) is 7.29. The van der Waals surface area contributed by atoms with Crippen molar-refractivity contribution in [3.05, 3.63) is 29.8 Å². The van der Waals surface area contributed by atoms with Gasteiger partial charge in [-0.15, -0.1) is 0 Å². The Morgan fingerprint density at radius 2 is 1.88 bits per heavy atom. The van der Waals surface area contributed by atoms with E-state index in [1.807, 2.05) is 0 Å². The molecule has 1 unspecified atom stereocenters. The van der Waals surface area contributed by atoms with Crippen LogP contribution in [0.1, 0.15) is 37.0 Å². The number of carbonyl (C=O) groups excluding carboxylic acids is 1. The van der Waals surface area contributed by atoms with Crippen LogP contribution < -0.4 is 10.0 Å². The Hall–Kier alpha value is -1.45. The predicted octanol–water partition coefficient (Wildman–Crippen LogP) is 0.928. The third kappa shape index (κ3) is 5.79. The molecule has 2 rings (SSSR count). The smallest absolute Gasteiger partial charge is 0.251 e. The van der Waals surface area contributed by atoms with Gasteiger partial charge in [0.25, 0.3) is 5.91 Å². The average molecular weight is 389 g/mol. The lowest BCUT2D eigenvalue weighted by atomic mass is 10.1. The molecule has 1 aliphatic rings. The Balaban J connectivity index is 1.99. The van der Waals surface area contributed by atoms with Crippen molar-refractivity contribution < 1.29 is 21.6 Å². The van der Waals surface area contributed by atoms with Crippen molar-refractivity contribution >= 4 is 25.8 Å². The first-order chi connectivity index (χ1) is 11.6. The van der Waals surface area contributed by atoms with Gasteiger partial charge in [0.15, 0.2) is 9.84 Å². The maximum Gasteiger partial charge on any atom is 0.251 e. The fourth-order valence-corrected chi connectivity index (χ4v) is 5.59. The summed E-state index contributed by atoms with van der Waals surface area (Å²) in [4.78, 5) is 12.0. The molecule has 1 aromatic rings. The highest BCUT2D eigenvalue weighted by atomic mass is 32.2. The molecule has 0 spiro atoms. The second-order valence-corrected chi connectivity index (χ2v) is 10.6. The fourth-order valence-electron chi connectivity index (χ4n) is 2.54. The monoisotopic (exact) mass is 388 g/mol. The Labute approximate surface area is 149 Å². The molecule has 9 heteroatoms. The summed E-state index contributed by atoms with van der Waals surface area (Å²) in [6.45, 7) is 4.69. The minimum absolute atomic E-state index is 0.00429. The van der Waals surface area contributed by atoms with Crippen LogP contribution in [0, 0.1) is 5.92 Å². The normalized spacial score (nSPS) is 19.9. The molecule has 0 bridgehead atoms. The van der Waals surface area contributed by atoms with Crippen LogP contribution >= 0.6 is 0 Å². The van der Waals surface area contributed by atoms with Gasteiger partial charge >= 0.3 is 0 Å². The van der Waals surface area contributed by atoms with Gasteiger partial charge in [-0.05, 0) is 43.0 Å². The topological polar surface area (TPSA) is 109 Å². The van der Waals surface area contributed by atoms with E-state index in [1.54, 1.807) is 0 Å². The van der Waals surface area contributed by atoms with Gasteiger partial charge in [-0.25, -0.2) is 21.6 Å². The largest absolute Gasteiger partial charge is 0.352 e. The fraction of sp³-hybridized carbons (Fsp3) is 0.562. The molecular weight excluding hydrogens is 364 g/mol. The molecule has 0 radical (unpaired) electrons. The van der Waals surface area contributed by atoms with Crippen molar-refractivity contribution in [3.8, 4) is 0 Å². The van der Waals surface area contributed by atoms with E-state index in [4.69, 9.17) is 0 Å². The number of carbonyl (C=O) groups is 1. The molecule has 0 saturated carbocycles. The van der Waals surface area contributed by atoms with E-state index in [-0.39, 0.29) is 28.7 Å². The summed E-state index contributed by atoms with van der Waals surface area (Å²) in [5.41, 5.74) is 0.381. The van der Waals surface area contributed by atoms with Gasteiger partial charge in [-0.2, -0.15) is 0 Å². The lowest BCUT2D eigenvalue weighted by Crippen LogP contribution is -2.35. The van der Waals surface area contributed by atoms with Crippen LogP contribution in [-0.4, -0.2) is 46.8 Å². The quantitative estimate of drug-likeness (QED) is 0.722. The molecule has 1 saturated heterocycles. The van der Waals surface area contributed by atoms with Crippen molar-refractivity contribution in [2.45, 2.75) is 37.6 Å². The number of hydrogen-bond donors (Lipinski definition) is 2. The molecule has 1 aliphatic heterocycles. The second-order valence-electron chi connectivity index (χ2n) is 6.68. The van der Waals surface area contributed by atoms with Gasteiger partial charge in [-0.1, -0.05) is 13.8 Å². The summed E-state index contributed by atoms with van der Waals surface area (Å²) in [5.74, 6) is 0.0517. The molecule has 0 aliphatic carbocycles. The van der Waals surface area contributed by atoms with Crippen LogP contribution in [0.15, 0.2) is 29.2 Å². The van der Waals surface area contributed by atoms with Gasteiger partial charge in [-0.3, -0.25) is 4.79 Å². The molecule has 0 aromatic heterocycles. The number of nitrogens with one attached hydrogen (secondary N) is 2. The van der Waals surface area contributed by atoms with Crippen LogP contribution in [0.2, 0.25) is 0 Å². The van der Waals surface area contributed by atoms with Gasteiger partial charge in [0.1, 0.15) is 0 Å². The van der Waals surface area contributed by atoms with Crippen molar-refractivity contribution in [1.82, 2.24) is 10.0 Å². The summed E-state index contributed by atoms with van der Waals surface area (Å²) in [7, 11) is -6.97. The van der Waals surface area contributed by atoms with Crippen LogP contribution in [-0.2, 0) is 19.9 Å². The molecule has 1 heterocycles. The molecule has 25 heavy (non-hydrogen) atoms. The second kappa shape index (κ2) is 7.84. The highest BCUT2D eigenvalue weighted by Gasteiger charge is 2.31. The van der Waals surface area contributed by atoms with Crippen LogP contribution in [0.25, 0.3) is 0 Å². The molecule has 140 valence electrons. The van der Waals surface area contributed by atoms with Crippen LogP contribution in [0.5, 0.6) is 0 Å². The SMILES string of the molecule is CC(C)CCNC(=O)c1ccc(S(=O)(=O)NC2CCS(=O)(=O)C2)cc1. The standard InChI is InChI=1S/C16H24N2O5S2/c1-12(2)7-9-17-16(19)13-3-5-15(6-4-13)25(22,23)18-14-8-10-24(20,21)11-14/h3-6,12,14,18H,7-11H2,1-2H3,(H,17,19). The van der Waals surface area contributed by atoms with Gasteiger partial charge in [0, 0.05) is 18.2 Å². The van der Waals surface area contributed by atoms with E-state index < -0.39 is 25.9 Å². The maximum absolute atomic E-state index is 12.3. The number of sulfonamides is 1. The summed E-state index contributed by atoms with van der Waals surface area (Å²) < 4.78 is 49.9. The zero-order valence-corrected chi connectivity index (χ0v) is 16.0. The van der Waals surface area contributed by atoms with Gasteiger partial charge in [0.05, 0.1) is 16.4 Å². The third-order valence-electron chi connectivity index (χ3n) is 3.99. The molecular formula is C16H24N2O5S2. The van der Waals surface area contributed by atoms with Crippen LogP contribution in [0.3, 0.4) is 0 Å². The Bertz CT molecular complexity index is 815. The van der Waals surface area contributed by atoms with Crippen molar-refractivity contribution in [1.29, 1.82) is 0 Å². The first-order valence-electron chi connectivity index (χ1n) is 8.20. The van der Waals surface area contributed by atoms with E-state index in [0.717, 1.165) is 6.42 Å². The van der Waals surface area contributed by atoms with Gasteiger partial charge in [0.2, 0.25) is 10.0 Å². The van der Waals surface area contributed by atoms with Crippen molar-refractivity contribution in [3.63, 3.8) is 0 Å². The number of hydrogen-bond acceptors (Lipinski definition) is 5. The Morgan fingerprint density at radius 3 is 2.40 bits per heavy atom. The molecule has 1 aromatic carbocycles. The number of benzene rings is 1. The molecule has 7 nitrogen and oxygen atoms in total. The number of rotatable bonds is 7. The van der Waals surface area contributed by atoms with E-state index >= 15 is 0 Å². The first kappa shape index (κ1) is 19.9. The predicted molar refractivity (Wildman–Crippen MR) is 95.6 cm³/mol. The lowest BCUT2D eigenvalue weighted by molar-refractivity contribution is 0.0952. The minimum Gasteiger partial charge on any atom is -0.352 e. The van der Waals surface area contributed by atoms with E-state index in [0.29, 0.717) is 18.0 Å². The highest BCUT2D eigenvalue weighted by Crippen LogP contribution is 2.16. The highest BCUT2D eigenvalue weighted by molar-refractivity contribution is 7.92. The van der Waals surface area contributed by atoms with Gasteiger partial charge < -0.3 is 5.32 Å². The lowest BCUT2D eigenvalue weighted by Gasteiger charge is -2.12. The van der Waals surface area contributed by atoms with Crippen molar-refractivity contribution in [2.24, 2.45) is 5.92 Å². The average Bonchev–Trinajstić information content (AvgIpc) is 2.85. The Morgan fingerprint density at radius 1 is 1.24 bits per heavy atom. The summed E-state index contributed by atoms with van der Waals surface area (Å²) >= 11 is 0. The number of amides is 1. The van der Waals surface area contributed by atoms with E-state index in [9.17, 15) is 21.6 Å². The Kier molecular flexibility index (Phi) is 6.23. The maximum atomic E-state index is 12.3. The molecule has 1 amide bonds. The molecule has 1 atom stereocenters.